The molecule has 0 aliphatic rings. The molecule has 0 aliphatic carbocycles. The minimum Gasteiger partial charge on any atom is -0.325 e. The first kappa shape index (κ1) is 9.90. The SMILES string of the molecule is NCc1cc2c(Br)cccc2c(Cl)n1. The van der Waals surface area contributed by atoms with Gasteiger partial charge >= 0.3 is 0 Å². The van der Waals surface area contributed by atoms with Crippen LogP contribution in [0.1, 0.15) is 5.69 Å². The summed E-state index contributed by atoms with van der Waals surface area (Å²) in [5.41, 5.74) is 6.32. The average Bonchev–Trinajstić information content (AvgIpc) is 2.19. The molecule has 2 aromatic rings. The summed E-state index contributed by atoms with van der Waals surface area (Å²) in [7, 11) is 0. The number of rotatable bonds is 1. The smallest absolute Gasteiger partial charge is 0.137 e. The van der Waals surface area contributed by atoms with Crippen molar-refractivity contribution in [2.24, 2.45) is 5.73 Å². The molecular weight excluding hydrogens is 263 g/mol. The van der Waals surface area contributed by atoms with Gasteiger partial charge in [-0.3, -0.25) is 0 Å². The van der Waals surface area contributed by atoms with Crippen LogP contribution in [0.25, 0.3) is 10.8 Å². The second kappa shape index (κ2) is 3.85. The number of hydrogen-bond acceptors (Lipinski definition) is 2. The second-order valence-corrected chi connectivity index (χ2v) is 4.16. The number of aromatic nitrogens is 1. The molecule has 0 amide bonds. The molecule has 0 fully saturated rings. The van der Waals surface area contributed by atoms with Crippen LogP contribution in [0.2, 0.25) is 5.15 Å². The van der Waals surface area contributed by atoms with Gasteiger partial charge in [0.15, 0.2) is 0 Å². The molecule has 72 valence electrons. The van der Waals surface area contributed by atoms with Gasteiger partial charge in [0.2, 0.25) is 0 Å². The van der Waals surface area contributed by atoms with Crippen LogP contribution < -0.4 is 5.73 Å². The Hall–Kier alpha value is -0.640. The summed E-state index contributed by atoms with van der Waals surface area (Å²) in [6, 6.07) is 7.79. The Kier molecular flexibility index (Phi) is 2.72. The fourth-order valence-corrected chi connectivity index (χ4v) is 2.11. The van der Waals surface area contributed by atoms with Crippen LogP contribution in [0.3, 0.4) is 0 Å². The highest BCUT2D eigenvalue weighted by atomic mass is 79.9. The van der Waals surface area contributed by atoms with Gasteiger partial charge in [-0.25, -0.2) is 4.98 Å². The lowest BCUT2D eigenvalue weighted by Gasteiger charge is -2.04. The molecule has 1 heterocycles. The molecule has 1 aromatic carbocycles. The number of hydrogen-bond donors (Lipinski definition) is 1. The quantitative estimate of drug-likeness (QED) is 0.810. The van der Waals surface area contributed by atoms with Crippen molar-refractivity contribution in [3.8, 4) is 0 Å². The summed E-state index contributed by atoms with van der Waals surface area (Å²) in [4.78, 5) is 4.18. The molecule has 14 heavy (non-hydrogen) atoms. The molecule has 0 saturated heterocycles. The van der Waals surface area contributed by atoms with E-state index in [2.05, 4.69) is 20.9 Å². The van der Waals surface area contributed by atoms with Crippen LogP contribution in [0.15, 0.2) is 28.7 Å². The lowest BCUT2D eigenvalue weighted by Crippen LogP contribution is -1.99. The van der Waals surface area contributed by atoms with E-state index in [1.54, 1.807) is 0 Å². The molecule has 4 heteroatoms. The van der Waals surface area contributed by atoms with E-state index < -0.39 is 0 Å². The molecule has 2 rings (SSSR count). The van der Waals surface area contributed by atoms with E-state index in [4.69, 9.17) is 17.3 Å². The van der Waals surface area contributed by atoms with Crippen molar-refractivity contribution in [1.29, 1.82) is 0 Å². The van der Waals surface area contributed by atoms with Gasteiger partial charge in [0, 0.05) is 21.8 Å². The summed E-state index contributed by atoms with van der Waals surface area (Å²) < 4.78 is 1.01. The van der Waals surface area contributed by atoms with E-state index >= 15 is 0 Å². The monoisotopic (exact) mass is 270 g/mol. The third-order valence-corrected chi connectivity index (χ3v) is 3.02. The van der Waals surface area contributed by atoms with E-state index in [1.807, 2.05) is 24.3 Å². The van der Waals surface area contributed by atoms with Crippen molar-refractivity contribution in [1.82, 2.24) is 4.98 Å². The zero-order valence-corrected chi connectivity index (χ0v) is 9.64. The van der Waals surface area contributed by atoms with E-state index in [0.717, 1.165) is 20.9 Å². The van der Waals surface area contributed by atoms with Crippen molar-refractivity contribution < 1.29 is 0 Å². The maximum atomic E-state index is 6.03. The molecule has 1 aromatic heterocycles. The largest absolute Gasteiger partial charge is 0.325 e. The maximum Gasteiger partial charge on any atom is 0.137 e. The Labute approximate surface area is 95.2 Å². The zero-order chi connectivity index (χ0) is 10.1. The van der Waals surface area contributed by atoms with Crippen LogP contribution in [0, 0.1) is 0 Å². The van der Waals surface area contributed by atoms with Crippen LogP contribution in [-0.2, 0) is 6.54 Å². The van der Waals surface area contributed by atoms with Gasteiger partial charge in [0.1, 0.15) is 5.15 Å². The predicted molar refractivity (Wildman–Crippen MR) is 62.3 cm³/mol. The average molecular weight is 272 g/mol. The van der Waals surface area contributed by atoms with Crippen molar-refractivity contribution in [3.63, 3.8) is 0 Å². The lowest BCUT2D eigenvalue weighted by molar-refractivity contribution is 0.998. The topological polar surface area (TPSA) is 38.9 Å². The molecule has 0 saturated carbocycles. The first-order valence-corrected chi connectivity index (χ1v) is 5.33. The third-order valence-electron chi connectivity index (χ3n) is 2.04. The predicted octanol–water partition coefficient (Wildman–Crippen LogP) is 3.11. The maximum absolute atomic E-state index is 6.03. The van der Waals surface area contributed by atoms with E-state index in [0.29, 0.717) is 11.7 Å². The third kappa shape index (κ3) is 1.63. The molecule has 0 radical (unpaired) electrons. The Balaban J connectivity index is 2.83. The Bertz CT molecular complexity index is 485. The van der Waals surface area contributed by atoms with Crippen molar-refractivity contribution in [2.75, 3.05) is 0 Å². The number of nitrogens with zero attached hydrogens (tertiary/aromatic N) is 1. The standard InChI is InChI=1S/C10H8BrClN2/c11-9-3-1-2-7-8(9)4-6(5-13)14-10(7)12/h1-4H,5,13H2. The highest BCUT2D eigenvalue weighted by Crippen LogP contribution is 2.28. The summed E-state index contributed by atoms with van der Waals surface area (Å²) in [5.74, 6) is 0. The van der Waals surface area contributed by atoms with Gasteiger partial charge in [-0.15, -0.1) is 0 Å². The summed E-state index contributed by atoms with van der Waals surface area (Å²) in [6.45, 7) is 0.400. The van der Waals surface area contributed by atoms with E-state index in [1.165, 1.54) is 0 Å². The van der Waals surface area contributed by atoms with Crippen molar-refractivity contribution in [3.05, 3.63) is 39.6 Å². The second-order valence-electron chi connectivity index (χ2n) is 2.94. The van der Waals surface area contributed by atoms with Gasteiger partial charge in [-0.1, -0.05) is 39.7 Å². The van der Waals surface area contributed by atoms with Gasteiger partial charge in [-0.05, 0) is 12.1 Å². The molecule has 2 nitrogen and oxygen atoms in total. The molecule has 0 atom stereocenters. The number of benzene rings is 1. The van der Waals surface area contributed by atoms with Crippen LogP contribution in [0.4, 0.5) is 0 Å². The minimum absolute atomic E-state index is 0.400. The van der Waals surface area contributed by atoms with Crippen LogP contribution in [-0.4, -0.2) is 4.98 Å². The Morgan fingerprint density at radius 3 is 2.86 bits per heavy atom. The summed E-state index contributed by atoms with van der Waals surface area (Å²) >= 11 is 9.49. The number of nitrogens with two attached hydrogens (primary N) is 1. The number of halogens is 2. The molecule has 2 N–H and O–H groups in total. The highest BCUT2D eigenvalue weighted by Gasteiger charge is 2.05. The first-order valence-electron chi connectivity index (χ1n) is 4.16. The Morgan fingerprint density at radius 1 is 1.36 bits per heavy atom. The lowest BCUT2D eigenvalue weighted by atomic mass is 10.1. The summed E-state index contributed by atoms with van der Waals surface area (Å²) in [6.07, 6.45) is 0. The number of pyridine rings is 1. The van der Waals surface area contributed by atoms with E-state index in [9.17, 15) is 0 Å². The molecule has 0 bridgehead atoms. The van der Waals surface area contributed by atoms with Gasteiger partial charge in [0.05, 0.1) is 5.69 Å². The molecule has 0 unspecified atom stereocenters. The zero-order valence-electron chi connectivity index (χ0n) is 7.30. The Morgan fingerprint density at radius 2 is 2.14 bits per heavy atom. The molecular formula is C10H8BrClN2. The highest BCUT2D eigenvalue weighted by molar-refractivity contribution is 9.10. The van der Waals surface area contributed by atoms with Gasteiger partial charge < -0.3 is 5.73 Å². The summed E-state index contributed by atoms with van der Waals surface area (Å²) in [5, 5.41) is 2.50. The fraction of sp³-hybridized carbons (Fsp3) is 0.100. The molecule has 0 spiro atoms. The number of fused-ring (bicyclic) bond motifs is 1. The van der Waals surface area contributed by atoms with Gasteiger partial charge in [-0.2, -0.15) is 0 Å². The van der Waals surface area contributed by atoms with Crippen molar-refractivity contribution >= 4 is 38.3 Å². The van der Waals surface area contributed by atoms with Crippen molar-refractivity contribution in [2.45, 2.75) is 6.54 Å². The van der Waals surface area contributed by atoms with Crippen LogP contribution in [0.5, 0.6) is 0 Å². The molecule has 0 aliphatic heterocycles. The fourth-order valence-electron chi connectivity index (χ4n) is 1.35. The first-order chi connectivity index (χ1) is 6.72. The normalized spacial score (nSPS) is 10.8. The van der Waals surface area contributed by atoms with E-state index in [-0.39, 0.29) is 0 Å². The minimum atomic E-state index is 0.400. The van der Waals surface area contributed by atoms with Crippen LogP contribution >= 0.6 is 27.5 Å². The van der Waals surface area contributed by atoms with Gasteiger partial charge in [0.25, 0.3) is 0 Å².